The van der Waals surface area contributed by atoms with Gasteiger partial charge < -0.3 is 10.6 Å². The maximum absolute atomic E-state index is 13.1. The molecule has 2 N–H and O–H groups in total. The fourth-order valence-corrected chi connectivity index (χ4v) is 2.45. The Bertz CT molecular complexity index is 678. The summed E-state index contributed by atoms with van der Waals surface area (Å²) in [5.41, 5.74) is 7.12. The van der Waals surface area contributed by atoms with E-state index in [1.807, 2.05) is 0 Å². The first-order valence-electron chi connectivity index (χ1n) is 5.68. The number of hydrogen-bond acceptors (Lipinski definition) is 2. The molecule has 0 aliphatic rings. The van der Waals surface area contributed by atoms with Gasteiger partial charge in [-0.2, -0.15) is 0 Å². The van der Waals surface area contributed by atoms with E-state index in [1.165, 1.54) is 23.1 Å². The van der Waals surface area contributed by atoms with E-state index in [0.717, 1.165) is 0 Å². The average Bonchev–Trinajstić information content (AvgIpc) is 2.40. The lowest BCUT2D eigenvalue weighted by Gasteiger charge is -2.20. The van der Waals surface area contributed by atoms with Gasteiger partial charge in [-0.1, -0.05) is 11.6 Å². The number of amides is 1. The second kappa shape index (κ2) is 5.81. The second-order valence-corrected chi connectivity index (χ2v) is 5.48. The molecule has 0 radical (unpaired) electrons. The van der Waals surface area contributed by atoms with Gasteiger partial charge in [-0.15, -0.1) is 0 Å². The average molecular weight is 358 g/mol. The Kier molecular flexibility index (Phi) is 4.30. The molecule has 0 unspecified atom stereocenters. The lowest BCUT2D eigenvalue weighted by atomic mass is 10.1. The smallest absolute Gasteiger partial charge is 0.259 e. The summed E-state index contributed by atoms with van der Waals surface area (Å²) in [6.07, 6.45) is 0. The monoisotopic (exact) mass is 356 g/mol. The fraction of sp³-hybridized carbons (Fsp3) is 0.0714. The summed E-state index contributed by atoms with van der Waals surface area (Å²) in [7, 11) is 1.58. The highest BCUT2D eigenvalue weighted by molar-refractivity contribution is 9.10. The molecular weight excluding hydrogens is 347 g/mol. The van der Waals surface area contributed by atoms with Gasteiger partial charge >= 0.3 is 0 Å². The Balaban J connectivity index is 2.40. The van der Waals surface area contributed by atoms with Gasteiger partial charge in [0.2, 0.25) is 0 Å². The third-order valence-electron chi connectivity index (χ3n) is 2.82. The largest absolute Gasteiger partial charge is 0.397 e. The van der Waals surface area contributed by atoms with Crippen LogP contribution in [0, 0.1) is 5.82 Å². The summed E-state index contributed by atoms with van der Waals surface area (Å²) in [5, 5.41) is 0.479. The highest BCUT2D eigenvalue weighted by Crippen LogP contribution is 2.28. The molecule has 0 aliphatic heterocycles. The summed E-state index contributed by atoms with van der Waals surface area (Å²) in [6.45, 7) is 0. The van der Waals surface area contributed by atoms with E-state index >= 15 is 0 Å². The van der Waals surface area contributed by atoms with Gasteiger partial charge in [0.25, 0.3) is 5.91 Å². The predicted molar refractivity (Wildman–Crippen MR) is 82.7 cm³/mol. The molecule has 0 saturated carbocycles. The predicted octanol–water partition coefficient (Wildman–Crippen LogP) is 4.10. The molecule has 6 heteroatoms. The van der Waals surface area contributed by atoms with Crippen LogP contribution in [0.1, 0.15) is 10.4 Å². The molecule has 2 rings (SSSR count). The van der Waals surface area contributed by atoms with E-state index < -0.39 is 5.82 Å². The van der Waals surface area contributed by atoms with Crippen molar-refractivity contribution in [2.45, 2.75) is 0 Å². The quantitative estimate of drug-likeness (QED) is 0.823. The van der Waals surface area contributed by atoms with E-state index in [0.29, 0.717) is 26.4 Å². The zero-order valence-electron chi connectivity index (χ0n) is 10.5. The van der Waals surface area contributed by atoms with Crippen LogP contribution in [0.4, 0.5) is 15.8 Å². The van der Waals surface area contributed by atoms with Gasteiger partial charge in [0.1, 0.15) is 5.82 Å². The second-order valence-electron chi connectivity index (χ2n) is 4.19. The van der Waals surface area contributed by atoms with Crippen molar-refractivity contribution in [3.63, 3.8) is 0 Å². The number of hydrogen-bond donors (Lipinski definition) is 1. The van der Waals surface area contributed by atoms with E-state index in [9.17, 15) is 9.18 Å². The van der Waals surface area contributed by atoms with Gasteiger partial charge in [-0.3, -0.25) is 4.79 Å². The van der Waals surface area contributed by atoms with Gasteiger partial charge in [0.15, 0.2) is 0 Å². The molecule has 0 aromatic heterocycles. The first-order chi connectivity index (χ1) is 9.40. The molecule has 0 saturated heterocycles. The van der Waals surface area contributed by atoms with E-state index in [4.69, 9.17) is 17.3 Å². The SMILES string of the molecule is CN(C(=O)c1ccc(F)cc1Br)c1cc(Cl)ccc1N. The first kappa shape index (κ1) is 14.8. The van der Waals surface area contributed by atoms with Gasteiger partial charge in [-0.25, -0.2) is 4.39 Å². The van der Waals surface area contributed by atoms with Crippen molar-refractivity contribution in [1.82, 2.24) is 0 Å². The maximum Gasteiger partial charge on any atom is 0.259 e. The van der Waals surface area contributed by atoms with Crippen molar-refractivity contribution in [3.8, 4) is 0 Å². The molecule has 0 heterocycles. The lowest BCUT2D eigenvalue weighted by Crippen LogP contribution is -2.27. The van der Waals surface area contributed by atoms with Crippen molar-refractivity contribution in [2.75, 3.05) is 17.7 Å². The van der Waals surface area contributed by atoms with Crippen LogP contribution in [-0.4, -0.2) is 13.0 Å². The Hall–Kier alpha value is -1.59. The number of nitrogen functional groups attached to an aromatic ring is 1. The molecule has 0 fully saturated rings. The lowest BCUT2D eigenvalue weighted by molar-refractivity contribution is 0.0992. The summed E-state index contributed by atoms with van der Waals surface area (Å²) in [5.74, 6) is -0.732. The van der Waals surface area contributed by atoms with E-state index in [2.05, 4.69) is 15.9 Å². The molecule has 1 amide bonds. The molecule has 0 aliphatic carbocycles. The molecule has 0 bridgehead atoms. The number of rotatable bonds is 2. The first-order valence-corrected chi connectivity index (χ1v) is 6.85. The Labute approximate surface area is 129 Å². The number of halogens is 3. The van der Waals surface area contributed by atoms with Crippen molar-refractivity contribution >= 4 is 44.8 Å². The topological polar surface area (TPSA) is 46.3 Å². The normalized spacial score (nSPS) is 10.4. The van der Waals surface area contributed by atoms with E-state index in [1.54, 1.807) is 25.2 Å². The third-order valence-corrected chi connectivity index (χ3v) is 3.71. The molecule has 0 spiro atoms. The highest BCUT2D eigenvalue weighted by Gasteiger charge is 2.18. The van der Waals surface area contributed by atoms with Crippen molar-refractivity contribution in [3.05, 3.63) is 57.3 Å². The van der Waals surface area contributed by atoms with Crippen LogP contribution < -0.4 is 10.6 Å². The Morgan fingerprint density at radius 2 is 2.00 bits per heavy atom. The number of benzene rings is 2. The number of nitrogens with two attached hydrogens (primary N) is 1. The molecule has 2 aromatic rings. The summed E-state index contributed by atoms with van der Waals surface area (Å²) in [4.78, 5) is 13.8. The minimum atomic E-state index is -0.418. The van der Waals surface area contributed by atoms with Crippen molar-refractivity contribution in [2.24, 2.45) is 0 Å². The van der Waals surface area contributed by atoms with E-state index in [-0.39, 0.29) is 5.91 Å². The minimum absolute atomic E-state index is 0.314. The fourth-order valence-electron chi connectivity index (χ4n) is 1.76. The van der Waals surface area contributed by atoms with Crippen molar-refractivity contribution in [1.29, 1.82) is 0 Å². The minimum Gasteiger partial charge on any atom is -0.397 e. The van der Waals surface area contributed by atoms with Crippen LogP contribution in [-0.2, 0) is 0 Å². The van der Waals surface area contributed by atoms with Gasteiger partial charge in [0.05, 0.1) is 16.9 Å². The van der Waals surface area contributed by atoms with Crippen LogP contribution in [0.5, 0.6) is 0 Å². The van der Waals surface area contributed by atoms with Crippen LogP contribution in [0.2, 0.25) is 5.02 Å². The molecule has 104 valence electrons. The molecule has 0 atom stereocenters. The molecule has 3 nitrogen and oxygen atoms in total. The number of carbonyl (C=O) groups excluding carboxylic acids is 1. The van der Waals surface area contributed by atoms with Crippen molar-refractivity contribution < 1.29 is 9.18 Å². The maximum atomic E-state index is 13.1. The zero-order valence-corrected chi connectivity index (χ0v) is 12.9. The van der Waals surface area contributed by atoms with Gasteiger partial charge in [-0.05, 0) is 52.3 Å². The molecule has 2 aromatic carbocycles. The molecule has 20 heavy (non-hydrogen) atoms. The Morgan fingerprint density at radius 1 is 1.30 bits per heavy atom. The summed E-state index contributed by atoms with van der Waals surface area (Å²) in [6, 6.07) is 8.76. The third kappa shape index (κ3) is 2.94. The van der Waals surface area contributed by atoms with Gasteiger partial charge in [0, 0.05) is 16.5 Å². The van der Waals surface area contributed by atoms with Crippen LogP contribution in [0.15, 0.2) is 40.9 Å². The summed E-state index contributed by atoms with van der Waals surface area (Å²) >= 11 is 9.09. The number of carbonyl (C=O) groups is 1. The molecular formula is C14H11BrClFN2O. The van der Waals surface area contributed by atoms with Crippen LogP contribution in [0.3, 0.4) is 0 Å². The standard InChI is InChI=1S/C14H11BrClFN2O/c1-19(13-6-8(16)2-5-12(13)18)14(20)10-4-3-9(17)7-11(10)15/h2-7H,18H2,1H3. The van der Waals surface area contributed by atoms with Crippen LogP contribution in [0.25, 0.3) is 0 Å². The number of anilines is 2. The number of nitrogens with zero attached hydrogens (tertiary/aromatic N) is 1. The highest BCUT2D eigenvalue weighted by atomic mass is 79.9. The Morgan fingerprint density at radius 3 is 2.65 bits per heavy atom. The van der Waals surface area contributed by atoms with Crippen LogP contribution >= 0.6 is 27.5 Å². The summed E-state index contributed by atoms with van der Waals surface area (Å²) < 4.78 is 13.4. The zero-order chi connectivity index (χ0) is 14.9.